The Labute approximate surface area is 90.6 Å². The van der Waals surface area contributed by atoms with Crippen LogP contribution >= 0.6 is 0 Å². The number of carbonyl (C=O) groups excluding carboxylic acids is 1. The molecule has 0 spiro atoms. The number of rotatable bonds is 3. The molecule has 0 saturated heterocycles. The van der Waals surface area contributed by atoms with E-state index in [0.29, 0.717) is 16.8 Å². The fourth-order valence-electron chi connectivity index (χ4n) is 1.43. The van der Waals surface area contributed by atoms with Crippen molar-refractivity contribution < 1.29 is 9.21 Å². The van der Waals surface area contributed by atoms with Gasteiger partial charge in [0.2, 0.25) is 5.91 Å². The topological polar surface area (TPSA) is 90.3 Å². The molecule has 3 N–H and O–H groups in total. The maximum Gasteiger partial charge on any atom is 0.419 e. The van der Waals surface area contributed by atoms with Crippen LogP contribution in [0.4, 0.5) is 5.69 Å². The number of nitrogens with zero attached hydrogens (tertiary/aromatic N) is 1. The van der Waals surface area contributed by atoms with Crippen molar-refractivity contribution >= 4 is 22.7 Å². The molecule has 1 amide bonds. The normalized spacial score (nSPS) is 10.6. The molecule has 0 unspecified atom stereocenters. The Bertz CT molecular complexity index is 597. The number of fused-ring (bicyclic) bond motifs is 1. The summed E-state index contributed by atoms with van der Waals surface area (Å²) in [5.41, 5.74) is 6.90. The lowest BCUT2D eigenvalue weighted by Crippen LogP contribution is -2.21. The molecule has 1 aromatic heterocycles. The number of nitrogens with two attached hydrogens (primary N) is 1. The summed E-state index contributed by atoms with van der Waals surface area (Å²) < 4.78 is 6.36. The van der Waals surface area contributed by atoms with Crippen LogP contribution in [0.1, 0.15) is 0 Å². The van der Waals surface area contributed by atoms with Gasteiger partial charge in [-0.1, -0.05) is 0 Å². The largest absolute Gasteiger partial charge is 0.419 e. The lowest BCUT2D eigenvalue weighted by Gasteiger charge is -2.03. The van der Waals surface area contributed by atoms with E-state index in [1.165, 1.54) is 4.57 Å². The molecule has 6 nitrogen and oxygen atoms in total. The Morgan fingerprint density at radius 1 is 1.56 bits per heavy atom. The number of amides is 1. The third-order valence-corrected chi connectivity index (χ3v) is 2.26. The van der Waals surface area contributed by atoms with Gasteiger partial charge in [0.15, 0.2) is 5.58 Å². The summed E-state index contributed by atoms with van der Waals surface area (Å²) >= 11 is 0. The van der Waals surface area contributed by atoms with Crippen LogP contribution in [0.3, 0.4) is 0 Å². The molecular formula is C10H11N3O3. The zero-order chi connectivity index (χ0) is 11.7. The van der Waals surface area contributed by atoms with Gasteiger partial charge in [-0.05, 0) is 18.2 Å². The second kappa shape index (κ2) is 3.73. The minimum absolute atomic E-state index is 0.0529. The molecule has 0 fully saturated rings. The van der Waals surface area contributed by atoms with Gasteiger partial charge in [0.05, 0.1) is 12.1 Å². The van der Waals surface area contributed by atoms with Crippen molar-refractivity contribution in [3.8, 4) is 0 Å². The van der Waals surface area contributed by atoms with Crippen molar-refractivity contribution in [2.45, 2.75) is 0 Å². The van der Waals surface area contributed by atoms with Crippen LogP contribution in [-0.4, -0.2) is 17.0 Å². The highest BCUT2D eigenvalue weighted by atomic mass is 16.4. The van der Waals surface area contributed by atoms with Gasteiger partial charge in [0, 0.05) is 12.7 Å². The maximum absolute atomic E-state index is 11.2. The van der Waals surface area contributed by atoms with E-state index in [1.807, 2.05) is 0 Å². The molecule has 1 heterocycles. The summed E-state index contributed by atoms with van der Waals surface area (Å²) in [4.78, 5) is 21.8. The quantitative estimate of drug-likeness (QED) is 0.765. The Hall–Kier alpha value is -2.24. The number of aromatic nitrogens is 1. The first-order valence-electron chi connectivity index (χ1n) is 4.69. The van der Waals surface area contributed by atoms with E-state index in [0.717, 1.165) is 0 Å². The molecule has 84 valence electrons. The van der Waals surface area contributed by atoms with Crippen molar-refractivity contribution in [2.24, 2.45) is 12.8 Å². The molecule has 2 rings (SSSR count). The van der Waals surface area contributed by atoms with Gasteiger partial charge in [-0.25, -0.2) is 4.79 Å². The number of anilines is 1. The summed E-state index contributed by atoms with van der Waals surface area (Å²) in [5, 5.41) is 2.84. The Kier molecular flexibility index (Phi) is 2.40. The Morgan fingerprint density at radius 2 is 2.31 bits per heavy atom. The van der Waals surface area contributed by atoms with E-state index in [4.69, 9.17) is 10.2 Å². The van der Waals surface area contributed by atoms with Crippen LogP contribution in [0.2, 0.25) is 0 Å². The van der Waals surface area contributed by atoms with Crippen molar-refractivity contribution in [1.29, 1.82) is 0 Å². The third-order valence-electron chi connectivity index (χ3n) is 2.26. The highest BCUT2D eigenvalue weighted by Crippen LogP contribution is 2.17. The number of benzene rings is 1. The van der Waals surface area contributed by atoms with Crippen molar-refractivity contribution in [2.75, 3.05) is 11.9 Å². The average molecular weight is 221 g/mol. The minimum atomic E-state index is -0.443. The zero-order valence-electron chi connectivity index (χ0n) is 8.69. The molecule has 1 aromatic carbocycles. The van der Waals surface area contributed by atoms with Gasteiger partial charge < -0.3 is 15.5 Å². The minimum Gasteiger partial charge on any atom is -0.408 e. The monoisotopic (exact) mass is 221 g/mol. The van der Waals surface area contributed by atoms with Crippen LogP contribution in [0.25, 0.3) is 11.1 Å². The maximum atomic E-state index is 11.2. The molecule has 0 atom stereocenters. The zero-order valence-corrected chi connectivity index (χ0v) is 8.69. The van der Waals surface area contributed by atoms with E-state index >= 15 is 0 Å². The van der Waals surface area contributed by atoms with Gasteiger partial charge >= 0.3 is 5.76 Å². The van der Waals surface area contributed by atoms with Gasteiger partial charge in [0.25, 0.3) is 0 Å². The molecule has 0 aliphatic carbocycles. The summed E-state index contributed by atoms with van der Waals surface area (Å²) in [6.07, 6.45) is 0. The van der Waals surface area contributed by atoms with Gasteiger partial charge in [0.1, 0.15) is 0 Å². The number of carbonyl (C=O) groups is 1. The molecule has 0 bridgehead atoms. The van der Waals surface area contributed by atoms with Crippen molar-refractivity contribution in [3.05, 3.63) is 28.7 Å². The smallest absolute Gasteiger partial charge is 0.408 e. The van der Waals surface area contributed by atoms with E-state index in [1.54, 1.807) is 25.2 Å². The first-order valence-corrected chi connectivity index (χ1v) is 4.69. The van der Waals surface area contributed by atoms with Crippen LogP contribution in [0.15, 0.2) is 27.4 Å². The fraction of sp³-hybridized carbons (Fsp3) is 0.200. The Morgan fingerprint density at radius 3 is 3.00 bits per heavy atom. The standard InChI is InChI=1S/C10H11N3O3/c1-13-7-4-6(12-5-9(11)14)2-3-8(7)16-10(13)15/h2-4,12H,5H2,1H3,(H2,11,14). The molecule has 0 aliphatic heterocycles. The van der Waals surface area contributed by atoms with Crippen LogP contribution < -0.4 is 16.8 Å². The first kappa shape index (κ1) is 10.3. The van der Waals surface area contributed by atoms with E-state index in [-0.39, 0.29) is 6.54 Å². The predicted octanol–water partition coefficient (Wildman–Crippen LogP) is 0.0287. The molecule has 6 heteroatoms. The summed E-state index contributed by atoms with van der Waals surface area (Å²) in [6.45, 7) is 0.0529. The molecule has 0 radical (unpaired) electrons. The number of aryl methyl sites for hydroxylation is 1. The lowest BCUT2D eigenvalue weighted by atomic mass is 10.3. The second-order valence-electron chi connectivity index (χ2n) is 3.43. The van der Waals surface area contributed by atoms with Crippen LogP contribution in [0.5, 0.6) is 0 Å². The van der Waals surface area contributed by atoms with Crippen LogP contribution in [-0.2, 0) is 11.8 Å². The van der Waals surface area contributed by atoms with Crippen LogP contribution in [0, 0.1) is 0 Å². The van der Waals surface area contributed by atoms with Gasteiger partial charge in [-0.2, -0.15) is 0 Å². The number of nitrogens with one attached hydrogen (secondary N) is 1. The molecule has 0 saturated carbocycles. The Balaban J connectivity index is 2.39. The van der Waals surface area contributed by atoms with Crippen molar-refractivity contribution in [1.82, 2.24) is 4.57 Å². The predicted molar refractivity (Wildman–Crippen MR) is 59.1 cm³/mol. The third kappa shape index (κ3) is 1.77. The summed E-state index contributed by atoms with van der Waals surface area (Å²) in [6, 6.07) is 5.11. The highest BCUT2D eigenvalue weighted by Gasteiger charge is 2.06. The van der Waals surface area contributed by atoms with E-state index < -0.39 is 11.7 Å². The molecule has 2 aromatic rings. The van der Waals surface area contributed by atoms with Gasteiger partial charge in [-0.3, -0.25) is 9.36 Å². The summed E-state index contributed by atoms with van der Waals surface area (Å²) in [7, 11) is 1.62. The van der Waals surface area contributed by atoms with E-state index in [9.17, 15) is 9.59 Å². The first-order chi connectivity index (χ1) is 7.58. The number of oxazole rings is 1. The molecule has 0 aliphatic rings. The number of hydrogen-bond acceptors (Lipinski definition) is 4. The van der Waals surface area contributed by atoms with Gasteiger partial charge in [-0.15, -0.1) is 0 Å². The fourth-order valence-corrected chi connectivity index (χ4v) is 1.43. The lowest BCUT2D eigenvalue weighted by molar-refractivity contribution is -0.116. The van der Waals surface area contributed by atoms with Crippen molar-refractivity contribution in [3.63, 3.8) is 0 Å². The second-order valence-corrected chi connectivity index (χ2v) is 3.43. The number of hydrogen-bond donors (Lipinski definition) is 2. The summed E-state index contributed by atoms with van der Waals surface area (Å²) in [5.74, 6) is -0.858. The van der Waals surface area contributed by atoms with E-state index in [2.05, 4.69) is 5.32 Å². The number of primary amides is 1. The molecule has 16 heavy (non-hydrogen) atoms. The highest BCUT2D eigenvalue weighted by molar-refractivity contribution is 5.81. The SMILES string of the molecule is Cn1c(=O)oc2ccc(NCC(N)=O)cc21. The average Bonchev–Trinajstić information content (AvgIpc) is 2.52. The molecular weight excluding hydrogens is 210 g/mol.